The molecule has 176 valence electrons. The Hall–Kier alpha value is -3.32. The third-order valence-electron chi connectivity index (χ3n) is 5.76. The second-order valence-electron chi connectivity index (χ2n) is 7.76. The second-order valence-corrected chi connectivity index (χ2v) is 7.76. The average molecular weight is 453 g/mol. The van der Waals surface area contributed by atoms with Gasteiger partial charge in [-0.25, -0.2) is 0 Å². The Morgan fingerprint density at radius 1 is 1.21 bits per heavy atom. The number of nitrogens with zero attached hydrogens (tertiary/aromatic N) is 2. The summed E-state index contributed by atoms with van der Waals surface area (Å²) >= 11 is 0. The molecule has 0 fully saturated rings. The highest BCUT2D eigenvalue weighted by molar-refractivity contribution is 6.14. The summed E-state index contributed by atoms with van der Waals surface area (Å²) in [5, 5.41) is 10.7. The van der Waals surface area contributed by atoms with Gasteiger partial charge in [0.15, 0.2) is 11.5 Å². The van der Waals surface area contributed by atoms with Crippen molar-refractivity contribution in [2.24, 2.45) is 0 Å². The Bertz CT molecular complexity index is 1010. The Labute approximate surface area is 194 Å². The number of ether oxygens (including phenoxy) is 1. The van der Waals surface area contributed by atoms with Crippen LogP contribution in [0.1, 0.15) is 44.6 Å². The molecule has 1 aliphatic heterocycles. The number of aliphatic hydroxyl groups excluding tert-OH is 1. The number of rotatable bonds is 12. The summed E-state index contributed by atoms with van der Waals surface area (Å²) in [6.07, 6.45) is 5.10. The zero-order valence-electron chi connectivity index (χ0n) is 19.5. The predicted molar refractivity (Wildman–Crippen MR) is 127 cm³/mol. The van der Waals surface area contributed by atoms with Crippen LogP contribution >= 0.6 is 0 Å². The molecule has 2 aromatic rings. The van der Waals surface area contributed by atoms with E-state index in [0.717, 1.165) is 31.6 Å². The standard InChI is InChI=1S/C26H32N2O5/c1-4-27(5-2)15-9-16-28-24(19-10-7-11-21(18-19)32-6-3)23(25(30)26(28)31)22(29)14-13-20-12-8-17-33-20/h7-8,10-14,17-18,24,30H,4-6,9,15-16H2,1-3H3/b14-13+. The predicted octanol–water partition coefficient (Wildman–Crippen LogP) is 4.39. The number of furan rings is 1. The Balaban J connectivity index is 1.92. The van der Waals surface area contributed by atoms with Crippen LogP contribution in [0, 0.1) is 0 Å². The van der Waals surface area contributed by atoms with Crippen molar-refractivity contribution in [3.8, 4) is 5.75 Å². The number of amides is 1. The Kier molecular flexibility index (Phi) is 8.49. The second kappa shape index (κ2) is 11.5. The minimum atomic E-state index is -0.691. The van der Waals surface area contributed by atoms with Gasteiger partial charge in [-0.05, 0) is 75.0 Å². The van der Waals surface area contributed by atoms with Gasteiger partial charge in [0, 0.05) is 6.54 Å². The van der Waals surface area contributed by atoms with Crippen LogP contribution < -0.4 is 4.74 Å². The van der Waals surface area contributed by atoms with E-state index in [0.29, 0.717) is 24.7 Å². The fraction of sp³-hybridized carbons (Fsp3) is 0.385. The van der Waals surface area contributed by atoms with Crippen LogP contribution in [0.5, 0.6) is 5.75 Å². The molecule has 1 aromatic carbocycles. The van der Waals surface area contributed by atoms with Crippen LogP contribution in [-0.4, -0.2) is 59.4 Å². The van der Waals surface area contributed by atoms with Gasteiger partial charge in [0.05, 0.1) is 24.5 Å². The van der Waals surface area contributed by atoms with Gasteiger partial charge in [-0.2, -0.15) is 0 Å². The summed E-state index contributed by atoms with van der Waals surface area (Å²) in [5.41, 5.74) is 0.787. The van der Waals surface area contributed by atoms with Gasteiger partial charge >= 0.3 is 0 Å². The van der Waals surface area contributed by atoms with Crippen molar-refractivity contribution in [2.45, 2.75) is 33.2 Å². The maximum absolute atomic E-state index is 13.1. The van der Waals surface area contributed by atoms with E-state index in [1.165, 1.54) is 18.4 Å². The van der Waals surface area contributed by atoms with Crippen LogP contribution in [0.4, 0.5) is 0 Å². The largest absolute Gasteiger partial charge is 0.503 e. The zero-order valence-corrected chi connectivity index (χ0v) is 19.5. The van der Waals surface area contributed by atoms with Gasteiger partial charge in [0.2, 0.25) is 0 Å². The maximum atomic E-state index is 13.1. The first-order valence-electron chi connectivity index (χ1n) is 11.4. The first-order chi connectivity index (χ1) is 16.0. The molecule has 2 heterocycles. The first kappa shape index (κ1) is 24.3. The van der Waals surface area contributed by atoms with Crippen LogP contribution in [0.25, 0.3) is 6.08 Å². The topological polar surface area (TPSA) is 83.2 Å². The number of ketones is 1. The number of carbonyl (C=O) groups is 2. The van der Waals surface area contributed by atoms with Crippen LogP contribution in [0.2, 0.25) is 0 Å². The third-order valence-corrected chi connectivity index (χ3v) is 5.76. The van der Waals surface area contributed by atoms with Gasteiger partial charge in [-0.3, -0.25) is 9.59 Å². The molecule has 7 heteroatoms. The average Bonchev–Trinajstić information content (AvgIpc) is 3.43. The van der Waals surface area contributed by atoms with Crippen molar-refractivity contribution in [3.05, 3.63) is 71.4 Å². The number of benzene rings is 1. The molecule has 0 aliphatic carbocycles. The van der Waals surface area contributed by atoms with E-state index in [2.05, 4.69) is 18.7 Å². The van der Waals surface area contributed by atoms with Crippen molar-refractivity contribution in [1.29, 1.82) is 0 Å². The van der Waals surface area contributed by atoms with Crippen molar-refractivity contribution >= 4 is 17.8 Å². The van der Waals surface area contributed by atoms with E-state index >= 15 is 0 Å². The maximum Gasteiger partial charge on any atom is 0.290 e. The molecular formula is C26H32N2O5. The summed E-state index contributed by atoms with van der Waals surface area (Å²) in [4.78, 5) is 30.0. The minimum absolute atomic E-state index is 0.0688. The molecule has 33 heavy (non-hydrogen) atoms. The Morgan fingerprint density at radius 2 is 2.00 bits per heavy atom. The molecule has 1 aliphatic rings. The number of hydrogen-bond acceptors (Lipinski definition) is 6. The molecule has 1 aromatic heterocycles. The van der Waals surface area contributed by atoms with Crippen molar-refractivity contribution < 1.29 is 23.8 Å². The molecule has 1 atom stereocenters. The molecule has 1 amide bonds. The van der Waals surface area contributed by atoms with E-state index < -0.39 is 23.5 Å². The summed E-state index contributed by atoms with van der Waals surface area (Å²) in [6, 6.07) is 10.1. The van der Waals surface area contributed by atoms with E-state index in [9.17, 15) is 14.7 Å². The van der Waals surface area contributed by atoms with E-state index in [4.69, 9.17) is 9.15 Å². The summed E-state index contributed by atoms with van der Waals surface area (Å²) in [5.74, 6) is -0.307. The van der Waals surface area contributed by atoms with Crippen molar-refractivity contribution in [3.63, 3.8) is 0 Å². The Morgan fingerprint density at radius 3 is 2.67 bits per heavy atom. The lowest BCUT2D eigenvalue weighted by Crippen LogP contribution is -2.34. The molecule has 1 N–H and O–H groups in total. The highest BCUT2D eigenvalue weighted by Crippen LogP contribution is 2.39. The molecule has 3 rings (SSSR count). The summed E-state index contributed by atoms with van der Waals surface area (Å²) < 4.78 is 10.9. The van der Waals surface area contributed by atoms with Crippen molar-refractivity contribution in [1.82, 2.24) is 9.80 Å². The molecule has 0 saturated carbocycles. The lowest BCUT2D eigenvalue weighted by Gasteiger charge is -2.28. The van der Waals surface area contributed by atoms with Gasteiger partial charge in [0.1, 0.15) is 11.5 Å². The van der Waals surface area contributed by atoms with Crippen LogP contribution in [0.15, 0.2) is 64.5 Å². The van der Waals surface area contributed by atoms with Crippen LogP contribution in [-0.2, 0) is 9.59 Å². The normalized spacial score (nSPS) is 16.4. The van der Waals surface area contributed by atoms with E-state index in [-0.39, 0.29) is 5.57 Å². The number of carbonyl (C=O) groups excluding carboxylic acids is 2. The van der Waals surface area contributed by atoms with Gasteiger partial charge in [-0.1, -0.05) is 26.0 Å². The summed E-state index contributed by atoms with van der Waals surface area (Å²) in [7, 11) is 0. The van der Waals surface area contributed by atoms with E-state index in [1.807, 2.05) is 31.2 Å². The monoisotopic (exact) mass is 452 g/mol. The molecule has 1 unspecified atom stereocenters. The smallest absolute Gasteiger partial charge is 0.290 e. The first-order valence-corrected chi connectivity index (χ1v) is 11.4. The molecule has 7 nitrogen and oxygen atoms in total. The number of allylic oxidation sites excluding steroid dienone is 1. The number of aliphatic hydroxyl groups is 1. The van der Waals surface area contributed by atoms with Gasteiger partial charge in [-0.15, -0.1) is 0 Å². The highest BCUT2D eigenvalue weighted by Gasteiger charge is 2.42. The highest BCUT2D eigenvalue weighted by atomic mass is 16.5. The molecule has 0 saturated heterocycles. The molecular weight excluding hydrogens is 420 g/mol. The van der Waals surface area contributed by atoms with Gasteiger partial charge < -0.3 is 24.1 Å². The van der Waals surface area contributed by atoms with Gasteiger partial charge in [0.25, 0.3) is 5.91 Å². The fourth-order valence-electron chi connectivity index (χ4n) is 4.06. The van der Waals surface area contributed by atoms with Crippen molar-refractivity contribution in [2.75, 3.05) is 32.8 Å². The zero-order chi connectivity index (χ0) is 23.8. The third kappa shape index (κ3) is 5.73. The van der Waals surface area contributed by atoms with Crippen LogP contribution in [0.3, 0.4) is 0 Å². The molecule has 0 radical (unpaired) electrons. The van der Waals surface area contributed by atoms with E-state index in [1.54, 1.807) is 17.0 Å². The SMILES string of the molecule is CCOc1cccc(C2C(C(=O)/C=C/c3ccco3)=C(O)C(=O)N2CCCN(CC)CC)c1. The minimum Gasteiger partial charge on any atom is -0.503 e. The lowest BCUT2D eigenvalue weighted by molar-refractivity contribution is -0.129. The summed E-state index contributed by atoms with van der Waals surface area (Å²) in [6.45, 7) is 9.69. The molecule has 0 bridgehead atoms. The lowest BCUT2D eigenvalue weighted by atomic mass is 9.95. The number of hydrogen-bond donors (Lipinski definition) is 1. The fourth-order valence-corrected chi connectivity index (χ4v) is 4.06. The molecule has 0 spiro atoms. The quantitative estimate of drug-likeness (QED) is 0.481.